The molecule has 0 saturated heterocycles. The molecule has 17 heavy (non-hydrogen) atoms. The highest BCUT2D eigenvalue weighted by atomic mass is 35.5. The van der Waals surface area contributed by atoms with Gasteiger partial charge in [0.15, 0.2) is 0 Å². The molecule has 1 aromatic carbocycles. The number of benzene rings is 1. The second kappa shape index (κ2) is 6.54. The van der Waals surface area contributed by atoms with Crippen molar-refractivity contribution in [2.24, 2.45) is 5.73 Å². The van der Waals surface area contributed by atoms with E-state index >= 15 is 0 Å². The van der Waals surface area contributed by atoms with E-state index < -0.39 is 11.9 Å². The molecule has 4 nitrogen and oxygen atoms in total. The number of rotatable bonds is 5. The van der Waals surface area contributed by atoms with Gasteiger partial charge in [0.25, 0.3) is 0 Å². The number of anilines is 1. The molecule has 94 valence electrons. The van der Waals surface area contributed by atoms with Crippen molar-refractivity contribution in [3.05, 3.63) is 29.0 Å². The summed E-state index contributed by atoms with van der Waals surface area (Å²) in [5.41, 5.74) is 5.93. The minimum Gasteiger partial charge on any atom is -0.385 e. The first kappa shape index (κ1) is 13.9. The van der Waals surface area contributed by atoms with E-state index in [4.69, 9.17) is 22.1 Å². The number of amides is 1. The van der Waals surface area contributed by atoms with Gasteiger partial charge in [-0.2, -0.15) is 0 Å². The minimum absolute atomic E-state index is 0.00619. The Kier molecular flexibility index (Phi) is 5.34. The van der Waals surface area contributed by atoms with Gasteiger partial charge in [0, 0.05) is 19.4 Å². The molecule has 6 heteroatoms. The van der Waals surface area contributed by atoms with Crippen LogP contribution < -0.4 is 11.1 Å². The van der Waals surface area contributed by atoms with E-state index in [9.17, 15) is 9.18 Å². The molecule has 0 spiro atoms. The lowest BCUT2D eigenvalue weighted by molar-refractivity contribution is -0.117. The summed E-state index contributed by atoms with van der Waals surface area (Å²) >= 11 is 5.52. The summed E-state index contributed by atoms with van der Waals surface area (Å²) in [6.07, 6.45) is 0.401. The van der Waals surface area contributed by atoms with Crippen LogP contribution in [-0.2, 0) is 9.53 Å². The Morgan fingerprint density at radius 2 is 2.35 bits per heavy atom. The Bertz CT molecular complexity index is 401. The molecule has 0 aliphatic rings. The second-order valence-corrected chi connectivity index (χ2v) is 3.91. The highest BCUT2D eigenvalue weighted by Crippen LogP contribution is 2.18. The largest absolute Gasteiger partial charge is 0.385 e. The van der Waals surface area contributed by atoms with Crippen LogP contribution in [0.1, 0.15) is 6.42 Å². The van der Waals surface area contributed by atoms with Crippen LogP contribution in [0, 0.1) is 5.82 Å². The van der Waals surface area contributed by atoms with Crippen LogP contribution in [0.15, 0.2) is 18.2 Å². The van der Waals surface area contributed by atoms with Crippen LogP contribution in [0.4, 0.5) is 10.1 Å². The SMILES string of the molecule is COCCC(N)C(=O)Nc1ccc(Cl)c(F)c1. The molecular formula is C11H14ClFN2O2. The van der Waals surface area contributed by atoms with E-state index in [1.165, 1.54) is 19.2 Å². The first-order valence-corrected chi connectivity index (χ1v) is 5.43. The van der Waals surface area contributed by atoms with E-state index in [2.05, 4.69) is 5.32 Å². The minimum atomic E-state index is -0.686. The number of carbonyl (C=O) groups excluding carboxylic acids is 1. The topological polar surface area (TPSA) is 64.3 Å². The molecule has 0 radical (unpaired) electrons. The molecule has 0 aromatic heterocycles. The van der Waals surface area contributed by atoms with Crippen LogP contribution in [-0.4, -0.2) is 25.7 Å². The summed E-state index contributed by atoms with van der Waals surface area (Å²) in [4.78, 5) is 11.6. The lowest BCUT2D eigenvalue weighted by Gasteiger charge is -2.11. The van der Waals surface area contributed by atoms with E-state index in [0.717, 1.165) is 6.07 Å². The van der Waals surface area contributed by atoms with Gasteiger partial charge in [-0.25, -0.2) is 4.39 Å². The molecule has 0 heterocycles. The second-order valence-electron chi connectivity index (χ2n) is 3.51. The summed E-state index contributed by atoms with van der Waals surface area (Å²) in [5, 5.41) is 2.51. The number of ether oxygens (including phenoxy) is 1. The number of carbonyl (C=O) groups is 1. The summed E-state index contributed by atoms with van der Waals surface area (Å²) in [5.74, 6) is -0.973. The highest BCUT2D eigenvalue weighted by molar-refractivity contribution is 6.30. The van der Waals surface area contributed by atoms with Crippen molar-refractivity contribution in [3.8, 4) is 0 Å². The molecule has 3 N–H and O–H groups in total. The lowest BCUT2D eigenvalue weighted by Crippen LogP contribution is -2.36. The molecule has 0 aliphatic heterocycles. The molecule has 1 amide bonds. The molecule has 1 aromatic rings. The number of nitrogens with one attached hydrogen (secondary N) is 1. The van der Waals surface area contributed by atoms with E-state index in [1.807, 2.05) is 0 Å². The smallest absolute Gasteiger partial charge is 0.241 e. The normalized spacial score (nSPS) is 12.2. The van der Waals surface area contributed by atoms with E-state index in [-0.39, 0.29) is 10.9 Å². The Hall–Kier alpha value is -1.17. The number of methoxy groups -OCH3 is 1. The predicted octanol–water partition coefficient (Wildman–Crippen LogP) is 1.78. The Labute approximate surface area is 104 Å². The van der Waals surface area contributed by atoms with Crippen molar-refractivity contribution < 1.29 is 13.9 Å². The van der Waals surface area contributed by atoms with Gasteiger partial charge in [0.05, 0.1) is 11.1 Å². The number of nitrogens with two attached hydrogens (primary N) is 1. The molecule has 0 saturated carbocycles. The van der Waals surface area contributed by atoms with Crippen LogP contribution >= 0.6 is 11.6 Å². The summed E-state index contributed by atoms with van der Waals surface area (Å²) in [6, 6.07) is 3.33. The first-order chi connectivity index (χ1) is 8.04. The van der Waals surface area contributed by atoms with Gasteiger partial charge in [0.2, 0.25) is 5.91 Å². The zero-order valence-electron chi connectivity index (χ0n) is 9.37. The van der Waals surface area contributed by atoms with Gasteiger partial charge in [0.1, 0.15) is 5.82 Å². The van der Waals surface area contributed by atoms with E-state index in [1.54, 1.807) is 0 Å². The number of hydrogen-bond donors (Lipinski definition) is 2. The first-order valence-electron chi connectivity index (χ1n) is 5.05. The third-order valence-corrected chi connectivity index (χ3v) is 2.46. The quantitative estimate of drug-likeness (QED) is 0.848. The van der Waals surface area contributed by atoms with Gasteiger partial charge in [-0.15, -0.1) is 0 Å². The standard InChI is InChI=1S/C11H14ClFN2O2/c1-17-5-4-10(14)11(16)15-7-2-3-8(12)9(13)6-7/h2-3,6,10H,4-5,14H2,1H3,(H,15,16). The van der Waals surface area contributed by atoms with Crippen molar-refractivity contribution in [2.45, 2.75) is 12.5 Å². The van der Waals surface area contributed by atoms with Gasteiger partial charge >= 0.3 is 0 Å². The average Bonchev–Trinajstić information content (AvgIpc) is 2.30. The van der Waals surface area contributed by atoms with Crippen molar-refractivity contribution >= 4 is 23.2 Å². The van der Waals surface area contributed by atoms with Crippen molar-refractivity contribution in [1.82, 2.24) is 0 Å². The number of halogens is 2. The molecule has 0 bridgehead atoms. The lowest BCUT2D eigenvalue weighted by atomic mass is 10.2. The van der Waals surface area contributed by atoms with Crippen LogP contribution in [0.2, 0.25) is 5.02 Å². The molecule has 0 fully saturated rings. The maximum Gasteiger partial charge on any atom is 0.241 e. The summed E-state index contributed by atoms with van der Waals surface area (Å²) in [7, 11) is 1.53. The fraction of sp³-hybridized carbons (Fsp3) is 0.364. The Morgan fingerprint density at radius 3 is 2.94 bits per heavy atom. The van der Waals surface area contributed by atoms with Crippen molar-refractivity contribution in [2.75, 3.05) is 19.0 Å². The van der Waals surface area contributed by atoms with Crippen molar-refractivity contribution in [3.63, 3.8) is 0 Å². The third kappa shape index (κ3) is 4.30. The summed E-state index contributed by atoms with van der Waals surface area (Å²) < 4.78 is 17.9. The zero-order chi connectivity index (χ0) is 12.8. The van der Waals surface area contributed by atoms with Gasteiger partial charge in [-0.05, 0) is 24.6 Å². The molecule has 1 atom stereocenters. The van der Waals surface area contributed by atoms with Gasteiger partial charge < -0.3 is 15.8 Å². The van der Waals surface area contributed by atoms with Crippen LogP contribution in [0.25, 0.3) is 0 Å². The molecule has 0 aliphatic carbocycles. The monoisotopic (exact) mass is 260 g/mol. The predicted molar refractivity (Wildman–Crippen MR) is 64.5 cm³/mol. The van der Waals surface area contributed by atoms with Crippen LogP contribution in [0.3, 0.4) is 0 Å². The van der Waals surface area contributed by atoms with E-state index in [0.29, 0.717) is 18.7 Å². The van der Waals surface area contributed by atoms with Gasteiger partial charge in [-0.1, -0.05) is 11.6 Å². The zero-order valence-corrected chi connectivity index (χ0v) is 10.1. The van der Waals surface area contributed by atoms with Gasteiger partial charge in [-0.3, -0.25) is 4.79 Å². The fourth-order valence-corrected chi connectivity index (χ4v) is 1.30. The average molecular weight is 261 g/mol. The Morgan fingerprint density at radius 1 is 1.65 bits per heavy atom. The third-order valence-electron chi connectivity index (χ3n) is 2.16. The fourth-order valence-electron chi connectivity index (χ4n) is 1.18. The highest BCUT2D eigenvalue weighted by Gasteiger charge is 2.13. The maximum absolute atomic E-state index is 13.1. The number of hydrogen-bond acceptors (Lipinski definition) is 3. The van der Waals surface area contributed by atoms with Crippen molar-refractivity contribution in [1.29, 1.82) is 0 Å². The molecule has 1 unspecified atom stereocenters. The Balaban J connectivity index is 2.58. The van der Waals surface area contributed by atoms with Crippen LogP contribution in [0.5, 0.6) is 0 Å². The maximum atomic E-state index is 13.1. The molecular weight excluding hydrogens is 247 g/mol. The summed E-state index contributed by atoms with van der Waals surface area (Å²) in [6.45, 7) is 0.392. The molecule has 1 rings (SSSR count).